The van der Waals surface area contributed by atoms with Crippen LogP contribution < -0.4 is 4.74 Å². The van der Waals surface area contributed by atoms with Crippen molar-refractivity contribution in [3.63, 3.8) is 0 Å². The van der Waals surface area contributed by atoms with Gasteiger partial charge in [0.05, 0.1) is 54.1 Å². The topological polar surface area (TPSA) is 101 Å². The zero-order valence-corrected chi connectivity index (χ0v) is 23.1. The maximum atomic E-state index is 15.4. The van der Waals surface area contributed by atoms with E-state index in [9.17, 15) is 13.6 Å². The lowest BCUT2D eigenvalue weighted by Crippen LogP contribution is -2.10. The van der Waals surface area contributed by atoms with Crippen molar-refractivity contribution >= 4 is 17.0 Å². The van der Waals surface area contributed by atoms with Crippen LogP contribution in [0.5, 0.6) is 5.88 Å². The Morgan fingerprint density at radius 3 is 2.53 bits per heavy atom. The number of ether oxygens (including phenoxy) is 3. The van der Waals surface area contributed by atoms with Gasteiger partial charge in [-0.2, -0.15) is 0 Å². The largest absolute Gasteiger partial charge is 0.471 e. The molecule has 0 N–H and O–H groups in total. The van der Waals surface area contributed by atoms with Gasteiger partial charge < -0.3 is 18.8 Å². The molecule has 0 bridgehead atoms. The first-order valence-corrected chi connectivity index (χ1v) is 13.0. The summed E-state index contributed by atoms with van der Waals surface area (Å²) in [5, 5.41) is 0. The quantitative estimate of drug-likeness (QED) is 0.142. The summed E-state index contributed by atoms with van der Waals surface area (Å²) in [5.41, 5.74) is 1.49. The van der Waals surface area contributed by atoms with Gasteiger partial charge in [-0.15, -0.1) is 0 Å². The van der Waals surface area contributed by atoms with Gasteiger partial charge in [0.1, 0.15) is 29.8 Å². The van der Waals surface area contributed by atoms with E-state index in [2.05, 4.69) is 19.9 Å². The van der Waals surface area contributed by atoms with E-state index in [4.69, 9.17) is 14.2 Å². The van der Waals surface area contributed by atoms with E-state index in [-0.39, 0.29) is 41.4 Å². The third-order valence-corrected chi connectivity index (χ3v) is 6.57. The number of rotatable bonds is 11. The van der Waals surface area contributed by atoms with Crippen LogP contribution in [0.2, 0.25) is 0 Å². The minimum Gasteiger partial charge on any atom is -0.471 e. The van der Waals surface area contributed by atoms with Crippen molar-refractivity contribution in [1.82, 2.24) is 24.5 Å². The monoisotopic (exact) mass is 595 g/mol. The molecule has 0 aliphatic heterocycles. The normalized spacial score (nSPS) is 11.3. The number of benzene rings is 2. The summed E-state index contributed by atoms with van der Waals surface area (Å²) in [5.74, 6) is -1.33. The van der Waals surface area contributed by atoms with Crippen molar-refractivity contribution in [1.29, 1.82) is 0 Å². The van der Waals surface area contributed by atoms with E-state index >= 15 is 8.78 Å². The van der Waals surface area contributed by atoms with Crippen molar-refractivity contribution in [3.8, 4) is 17.1 Å². The number of fused-ring (bicyclic) bond motifs is 1. The number of carbonyl (C=O) groups is 1. The fraction of sp³-hybridized carbons (Fsp3) is 0.233. The molecular weight excluding hydrogens is 570 g/mol. The summed E-state index contributed by atoms with van der Waals surface area (Å²) in [4.78, 5) is 28.4. The molecule has 0 saturated carbocycles. The number of halogens is 4. The van der Waals surface area contributed by atoms with Crippen molar-refractivity contribution in [3.05, 3.63) is 101 Å². The predicted molar refractivity (Wildman–Crippen MR) is 147 cm³/mol. The highest BCUT2D eigenvalue weighted by atomic mass is 19.3. The highest BCUT2D eigenvalue weighted by Crippen LogP contribution is 2.28. The number of imidazole rings is 1. The average Bonchev–Trinajstić information content (AvgIpc) is 3.36. The summed E-state index contributed by atoms with van der Waals surface area (Å²) in [7, 11) is 2.83. The van der Waals surface area contributed by atoms with E-state index in [0.29, 0.717) is 35.6 Å². The molecule has 0 aliphatic rings. The number of esters is 1. The Balaban J connectivity index is 1.38. The van der Waals surface area contributed by atoms with E-state index in [1.807, 2.05) is 0 Å². The van der Waals surface area contributed by atoms with Crippen LogP contribution in [0.4, 0.5) is 17.6 Å². The molecule has 13 heteroatoms. The van der Waals surface area contributed by atoms with Crippen molar-refractivity contribution in [2.45, 2.75) is 26.0 Å². The van der Waals surface area contributed by atoms with Gasteiger partial charge in [-0.05, 0) is 42.0 Å². The van der Waals surface area contributed by atoms with Crippen LogP contribution in [0.25, 0.3) is 22.3 Å². The van der Waals surface area contributed by atoms with Crippen LogP contribution in [0.15, 0.2) is 60.9 Å². The molecule has 3 aromatic heterocycles. The molecular formula is C30H25F4N5O4. The molecule has 0 saturated heterocycles. The molecule has 0 unspecified atom stereocenters. The number of alkyl halides is 2. The molecule has 9 nitrogen and oxygen atoms in total. The minimum atomic E-state index is -2.74. The average molecular weight is 596 g/mol. The van der Waals surface area contributed by atoms with E-state index in [0.717, 1.165) is 18.3 Å². The van der Waals surface area contributed by atoms with Gasteiger partial charge in [-0.1, -0.05) is 6.07 Å². The van der Waals surface area contributed by atoms with Gasteiger partial charge in [0.25, 0.3) is 6.43 Å². The van der Waals surface area contributed by atoms with Gasteiger partial charge in [0.2, 0.25) is 5.88 Å². The highest BCUT2D eigenvalue weighted by Gasteiger charge is 2.19. The molecule has 2 aromatic carbocycles. The third kappa shape index (κ3) is 6.61. The zero-order valence-electron chi connectivity index (χ0n) is 23.1. The van der Waals surface area contributed by atoms with Gasteiger partial charge >= 0.3 is 5.97 Å². The molecule has 5 aromatic rings. The summed E-state index contributed by atoms with van der Waals surface area (Å²) < 4.78 is 73.5. The molecule has 0 spiro atoms. The number of methoxy groups -OCH3 is 2. The lowest BCUT2D eigenvalue weighted by molar-refractivity contribution is 0.0601. The molecule has 0 atom stereocenters. The molecule has 43 heavy (non-hydrogen) atoms. The number of hydrogen-bond acceptors (Lipinski definition) is 8. The standard InChI is InChI=1S/C30H25F4N5O4/c1-41-9-8-39-26-11-17(30(40)42-2)6-7-24(26)37-27(39)12-18-10-22(32)20(13-21(18)31)23-4-3-5-28(38-23)43-16-19-14-36-25(15-35-19)29(33)34/h3-7,10-11,13-15,29H,8-9,12,16H2,1-2H3. The minimum absolute atomic E-state index is 0.0308. The molecule has 0 aliphatic carbocycles. The van der Waals surface area contributed by atoms with Crippen LogP contribution in [-0.2, 0) is 29.0 Å². The van der Waals surface area contributed by atoms with Crippen LogP contribution in [0.1, 0.15) is 39.6 Å². The maximum absolute atomic E-state index is 15.4. The van der Waals surface area contributed by atoms with Crippen LogP contribution >= 0.6 is 0 Å². The maximum Gasteiger partial charge on any atom is 0.337 e. The SMILES string of the molecule is COCCn1c(Cc2cc(F)c(-c3cccc(OCc4cnc(C(F)F)cn4)n3)cc2F)nc2ccc(C(=O)OC)cc21. The number of pyridine rings is 1. The first kappa shape index (κ1) is 29.6. The highest BCUT2D eigenvalue weighted by molar-refractivity contribution is 5.93. The number of aromatic nitrogens is 5. The summed E-state index contributed by atoms with van der Waals surface area (Å²) >= 11 is 0. The lowest BCUT2D eigenvalue weighted by atomic mass is 10.0. The zero-order chi connectivity index (χ0) is 30.5. The molecule has 0 fully saturated rings. The molecule has 0 amide bonds. The summed E-state index contributed by atoms with van der Waals surface area (Å²) in [6.45, 7) is 0.579. The smallest absolute Gasteiger partial charge is 0.337 e. The van der Waals surface area contributed by atoms with E-state index < -0.39 is 29.7 Å². The number of hydrogen-bond donors (Lipinski definition) is 0. The first-order valence-electron chi connectivity index (χ1n) is 13.0. The van der Waals surface area contributed by atoms with Gasteiger partial charge in [0, 0.05) is 31.7 Å². The van der Waals surface area contributed by atoms with Crippen LogP contribution in [-0.4, -0.2) is 51.3 Å². The van der Waals surface area contributed by atoms with Gasteiger partial charge in [0.15, 0.2) is 0 Å². The lowest BCUT2D eigenvalue weighted by Gasteiger charge is -2.12. The fourth-order valence-corrected chi connectivity index (χ4v) is 4.42. The Morgan fingerprint density at radius 2 is 1.81 bits per heavy atom. The Hall–Kier alpha value is -4.91. The first-order chi connectivity index (χ1) is 20.8. The second kappa shape index (κ2) is 12.9. The molecule has 5 rings (SSSR count). The third-order valence-electron chi connectivity index (χ3n) is 6.57. The predicted octanol–water partition coefficient (Wildman–Crippen LogP) is 5.71. The summed E-state index contributed by atoms with van der Waals surface area (Å²) in [6.07, 6.45) is -0.641. The number of nitrogens with zero attached hydrogens (tertiary/aromatic N) is 5. The van der Waals surface area contributed by atoms with Crippen molar-refractivity contribution in [2.75, 3.05) is 20.8 Å². The van der Waals surface area contributed by atoms with Crippen molar-refractivity contribution in [2.24, 2.45) is 0 Å². The Bertz CT molecular complexity index is 1760. The fourth-order valence-electron chi connectivity index (χ4n) is 4.42. The molecule has 3 heterocycles. The second-order valence-corrected chi connectivity index (χ2v) is 9.35. The van der Waals surface area contributed by atoms with Crippen molar-refractivity contribution < 1.29 is 36.6 Å². The van der Waals surface area contributed by atoms with E-state index in [1.54, 1.807) is 35.9 Å². The van der Waals surface area contributed by atoms with Crippen LogP contribution in [0, 0.1) is 11.6 Å². The summed E-state index contributed by atoms with van der Waals surface area (Å²) in [6, 6.07) is 11.6. The Kier molecular flexibility index (Phi) is 8.90. The Labute approximate surface area is 243 Å². The second-order valence-electron chi connectivity index (χ2n) is 9.35. The van der Waals surface area contributed by atoms with E-state index in [1.165, 1.54) is 25.4 Å². The number of carbonyl (C=O) groups excluding carboxylic acids is 1. The van der Waals surface area contributed by atoms with Gasteiger partial charge in [-0.3, -0.25) is 9.97 Å². The van der Waals surface area contributed by atoms with Gasteiger partial charge in [-0.25, -0.2) is 32.3 Å². The van der Waals surface area contributed by atoms with Crippen LogP contribution in [0.3, 0.4) is 0 Å². The molecule has 0 radical (unpaired) electrons. The Morgan fingerprint density at radius 1 is 0.977 bits per heavy atom. The molecule has 222 valence electrons.